The summed E-state index contributed by atoms with van der Waals surface area (Å²) in [4.78, 5) is 16.3. The van der Waals surface area contributed by atoms with Gasteiger partial charge < -0.3 is 9.80 Å². The molecule has 6 heteroatoms. The molecule has 0 spiro atoms. The van der Waals surface area contributed by atoms with Crippen LogP contribution in [-0.2, 0) is 11.0 Å². The molecule has 1 fully saturated rings. The molecule has 2 unspecified atom stereocenters. The Morgan fingerprint density at radius 1 is 1.38 bits per heavy atom. The normalized spacial score (nSPS) is 20.2. The lowest BCUT2D eigenvalue weighted by Gasteiger charge is -2.24. The fourth-order valence-corrected chi connectivity index (χ4v) is 3.38. The van der Waals surface area contributed by atoms with Crippen molar-refractivity contribution < 1.29 is 18.0 Å². The second-order valence-electron chi connectivity index (χ2n) is 6.88. The van der Waals surface area contributed by atoms with Crippen LogP contribution in [0.1, 0.15) is 36.8 Å². The molecule has 0 bridgehead atoms. The Balaban J connectivity index is 1.99. The molecule has 1 aromatic carbocycles. The molecule has 1 aromatic rings. The monoisotopic (exact) mass is 342 g/mol. The number of hydrogen-bond acceptors (Lipinski definition) is 2. The van der Waals surface area contributed by atoms with Crippen LogP contribution in [-0.4, -0.2) is 49.4 Å². The van der Waals surface area contributed by atoms with Gasteiger partial charge in [0.25, 0.3) is 0 Å². The van der Waals surface area contributed by atoms with Crippen LogP contribution < -0.4 is 0 Å². The number of hydrogen-bond donors (Lipinski definition) is 0. The molecule has 2 atom stereocenters. The van der Waals surface area contributed by atoms with Crippen molar-refractivity contribution in [3.8, 4) is 0 Å². The standard InChI is InChI=1S/C18H25F3N2O/c1-13(15-6-4-5-7-16(15)18(19,20)21)10-17(24)23(3)12-14-8-9-22(2)11-14/h4-7,13-14H,8-12H2,1-3H3. The van der Waals surface area contributed by atoms with Crippen LogP contribution in [0.3, 0.4) is 0 Å². The zero-order valence-electron chi connectivity index (χ0n) is 14.4. The van der Waals surface area contributed by atoms with E-state index in [0.29, 0.717) is 12.5 Å². The maximum absolute atomic E-state index is 13.1. The minimum atomic E-state index is -4.39. The molecule has 3 nitrogen and oxygen atoms in total. The fourth-order valence-electron chi connectivity index (χ4n) is 3.38. The third-order valence-electron chi connectivity index (χ3n) is 4.72. The Hall–Kier alpha value is -1.56. The summed E-state index contributed by atoms with van der Waals surface area (Å²) in [7, 11) is 3.79. The van der Waals surface area contributed by atoms with Crippen LogP contribution in [0.25, 0.3) is 0 Å². The summed E-state index contributed by atoms with van der Waals surface area (Å²) in [5.74, 6) is -0.125. The molecule has 0 aliphatic carbocycles. The van der Waals surface area contributed by atoms with Crippen LogP contribution >= 0.6 is 0 Å². The topological polar surface area (TPSA) is 23.6 Å². The second-order valence-corrected chi connectivity index (χ2v) is 6.88. The van der Waals surface area contributed by atoms with E-state index < -0.39 is 17.7 Å². The van der Waals surface area contributed by atoms with Crippen molar-refractivity contribution in [2.24, 2.45) is 5.92 Å². The molecular formula is C18H25F3N2O. The van der Waals surface area contributed by atoms with E-state index in [1.807, 2.05) is 0 Å². The number of carbonyl (C=O) groups is 1. The highest BCUT2D eigenvalue weighted by Crippen LogP contribution is 2.36. The third kappa shape index (κ3) is 4.72. The molecule has 1 saturated heterocycles. The molecule has 1 aliphatic heterocycles. The van der Waals surface area contributed by atoms with Gasteiger partial charge in [0, 0.05) is 26.6 Å². The first-order valence-electron chi connectivity index (χ1n) is 8.27. The Bertz CT molecular complexity index is 574. The summed E-state index contributed by atoms with van der Waals surface area (Å²) >= 11 is 0. The number of benzene rings is 1. The molecule has 1 amide bonds. The predicted molar refractivity (Wildman–Crippen MR) is 87.7 cm³/mol. The molecule has 0 N–H and O–H groups in total. The van der Waals surface area contributed by atoms with E-state index in [1.165, 1.54) is 12.1 Å². The molecular weight excluding hydrogens is 317 g/mol. The molecule has 0 radical (unpaired) electrons. The van der Waals surface area contributed by atoms with E-state index in [9.17, 15) is 18.0 Å². The zero-order valence-corrected chi connectivity index (χ0v) is 14.4. The van der Waals surface area contributed by atoms with E-state index in [-0.39, 0.29) is 17.9 Å². The molecule has 24 heavy (non-hydrogen) atoms. The zero-order chi connectivity index (χ0) is 17.9. The molecule has 0 aromatic heterocycles. The van der Waals surface area contributed by atoms with Crippen molar-refractivity contribution in [1.82, 2.24) is 9.80 Å². The Kier molecular flexibility index (Phi) is 5.91. The summed E-state index contributed by atoms with van der Waals surface area (Å²) in [6, 6.07) is 5.51. The van der Waals surface area contributed by atoms with E-state index in [4.69, 9.17) is 0 Å². The van der Waals surface area contributed by atoms with Crippen molar-refractivity contribution in [2.45, 2.75) is 31.9 Å². The maximum atomic E-state index is 13.1. The molecule has 134 valence electrons. The smallest absolute Gasteiger partial charge is 0.345 e. The van der Waals surface area contributed by atoms with E-state index in [0.717, 1.165) is 25.6 Å². The Labute approximate surface area is 141 Å². The number of halogens is 3. The van der Waals surface area contributed by atoms with Gasteiger partial charge in [-0.1, -0.05) is 25.1 Å². The lowest BCUT2D eigenvalue weighted by molar-refractivity contribution is -0.139. The third-order valence-corrected chi connectivity index (χ3v) is 4.72. The van der Waals surface area contributed by atoms with Gasteiger partial charge in [-0.2, -0.15) is 13.2 Å². The lowest BCUT2D eigenvalue weighted by Crippen LogP contribution is -2.33. The number of rotatable bonds is 5. The summed E-state index contributed by atoms with van der Waals surface area (Å²) in [6.07, 6.45) is -3.25. The van der Waals surface area contributed by atoms with Crippen LogP contribution in [0.5, 0.6) is 0 Å². The SMILES string of the molecule is CC(CC(=O)N(C)CC1CCN(C)C1)c1ccccc1C(F)(F)F. The maximum Gasteiger partial charge on any atom is 0.416 e. The van der Waals surface area contributed by atoms with Gasteiger partial charge in [-0.25, -0.2) is 0 Å². The van der Waals surface area contributed by atoms with Crippen molar-refractivity contribution in [3.05, 3.63) is 35.4 Å². The summed E-state index contributed by atoms with van der Waals surface area (Å²) in [5.41, 5.74) is -0.460. The van der Waals surface area contributed by atoms with Crippen LogP contribution in [0, 0.1) is 5.92 Å². The minimum Gasteiger partial charge on any atom is -0.345 e. The lowest BCUT2D eigenvalue weighted by atomic mass is 9.92. The fraction of sp³-hybridized carbons (Fsp3) is 0.611. The van der Waals surface area contributed by atoms with Gasteiger partial charge in [-0.3, -0.25) is 4.79 Å². The van der Waals surface area contributed by atoms with Gasteiger partial charge in [0.05, 0.1) is 5.56 Å². The van der Waals surface area contributed by atoms with Crippen molar-refractivity contribution in [2.75, 3.05) is 33.7 Å². The predicted octanol–water partition coefficient (Wildman–Crippen LogP) is 3.61. The van der Waals surface area contributed by atoms with Gasteiger partial charge in [0.1, 0.15) is 0 Å². The van der Waals surface area contributed by atoms with E-state index >= 15 is 0 Å². The first kappa shape index (κ1) is 18.8. The average Bonchev–Trinajstić information content (AvgIpc) is 2.91. The van der Waals surface area contributed by atoms with Gasteiger partial charge in [0.15, 0.2) is 0 Å². The number of carbonyl (C=O) groups excluding carboxylic acids is 1. The van der Waals surface area contributed by atoms with Crippen LogP contribution in [0.4, 0.5) is 13.2 Å². The highest BCUT2D eigenvalue weighted by Gasteiger charge is 2.34. The van der Waals surface area contributed by atoms with Crippen molar-refractivity contribution in [3.63, 3.8) is 0 Å². The summed E-state index contributed by atoms with van der Waals surface area (Å²) in [5, 5.41) is 0. The number of likely N-dealkylation sites (tertiary alicyclic amines) is 1. The molecule has 1 heterocycles. The average molecular weight is 342 g/mol. The van der Waals surface area contributed by atoms with E-state index in [1.54, 1.807) is 24.9 Å². The first-order valence-corrected chi connectivity index (χ1v) is 8.27. The summed E-state index contributed by atoms with van der Waals surface area (Å²) in [6.45, 7) is 4.34. The molecule has 1 aliphatic rings. The highest BCUT2D eigenvalue weighted by molar-refractivity contribution is 5.76. The molecule has 2 rings (SSSR count). The second kappa shape index (κ2) is 7.55. The summed E-state index contributed by atoms with van der Waals surface area (Å²) < 4.78 is 39.3. The minimum absolute atomic E-state index is 0.0894. The first-order chi connectivity index (χ1) is 11.2. The number of nitrogens with zero attached hydrogens (tertiary/aromatic N) is 2. The van der Waals surface area contributed by atoms with Gasteiger partial charge in [-0.05, 0) is 43.5 Å². The van der Waals surface area contributed by atoms with Gasteiger partial charge in [-0.15, -0.1) is 0 Å². The van der Waals surface area contributed by atoms with E-state index in [2.05, 4.69) is 11.9 Å². The van der Waals surface area contributed by atoms with Gasteiger partial charge >= 0.3 is 6.18 Å². The number of alkyl halides is 3. The van der Waals surface area contributed by atoms with Crippen LogP contribution in [0.15, 0.2) is 24.3 Å². The quantitative estimate of drug-likeness (QED) is 0.816. The number of amides is 1. The van der Waals surface area contributed by atoms with Crippen LogP contribution in [0.2, 0.25) is 0 Å². The highest BCUT2D eigenvalue weighted by atomic mass is 19.4. The van der Waals surface area contributed by atoms with Gasteiger partial charge in [0.2, 0.25) is 5.91 Å². The Morgan fingerprint density at radius 2 is 2.04 bits per heavy atom. The largest absolute Gasteiger partial charge is 0.416 e. The molecule has 0 saturated carbocycles. The Morgan fingerprint density at radius 3 is 2.62 bits per heavy atom. The van der Waals surface area contributed by atoms with Crippen molar-refractivity contribution >= 4 is 5.91 Å². The van der Waals surface area contributed by atoms with Crippen molar-refractivity contribution in [1.29, 1.82) is 0 Å².